The fourth-order valence-electron chi connectivity index (χ4n) is 1.87. The number of halogens is 2. The van der Waals surface area contributed by atoms with Crippen molar-refractivity contribution in [2.75, 3.05) is 12.3 Å². The van der Waals surface area contributed by atoms with Crippen molar-refractivity contribution in [1.82, 2.24) is 5.32 Å². The van der Waals surface area contributed by atoms with E-state index in [0.717, 1.165) is 5.56 Å². The Hall–Kier alpha value is -1.75. The highest BCUT2D eigenvalue weighted by Gasteiger charge is 2.10. The van der Waals surface area contributed by atoms with Gasteiger partial charge in [-0.1, -0.05) is 53.5 Å². The monoisotopic (exact) mass is 338 g/mol. The molecule has 2 aromatic carbocycles. The quantitative estimate of drug-likeness (QED) is 0.625. The normalized spacial score (nSPS) is 10.5. The highest BCUT2D eigenvalue weighted by atomic mass is 35.5. The molecule has 0 radical (unpaired) electrons. The van der Waals surface area contributed by atoms with E-state index in [1.54, 1.807) is 12.1 Å². The van der Waals surface area contributed by atoms with E-state index in [2.05, 4.69) is 5.32 Å². The van der Waals surface area contributed by atoms with Gasteiger partial charge in [0.2, 0.25) is 0 Å². The number of anilines is 1. The molecule has 0 spiro atoms. The summed E-state index contributed by atoms with van der Waals surface area (Å²) in [4.78, 5) is 11.7. The molecule has 2 aromatic rings. The molecule has 0 heterocycles. The van der Waals surface area contributed by atoms with E-state index in [-0.39, 0.29) is 19.1 Å². The van der Waals surface area contributed by atoms with E-state index >= 15 is 0 Å². The van der Waals surface area contributed by atoms with Crippen LogP contribution in [0, 0.1) is 0 Å². The fourth-order valence-corrected chi connectivity index (χ4v) is 2.28. The number of nitrogens with two attached hydrogens (primary N) is 1. The van der Waals surface area contributed by atoms with E-state index < -0.39 is 0 Å². The van der Waals surface area contributed by atoms with Crippen LogP contribution in [-0.2, 0) is 22.7 Å². The summed E-state index contributed by atoms with van der Waals surface area (Å²) < 4.78 is 5.16. The number of ether oxygens (including phenoxy) is 1. The summed E-state index contributed by atoms with van der Waals surface area (Å²) in [5, 5.41) is 3.77. The molecular formula is C16H16Cl2N2O2. The van der Waals surface area contributed by atoms with Gasteiger partial charge in [-0.05, 0) is 17.7 Å². The van der Waals surface area contributed by atoms with Crippen LogP contribution in [0.15, 0.2) is 42.5 Å². The van der Waals surface area contributed by atoms with Gasteiger partial charge in [-0.2, -0.15) is 0 Å². The number of carbonyl (C=O) groups excluding carboxylic acids is 1. The lowest BCUT2D eigenvalue weighted by molar-refractivity contribution is -0.143. The first-order chi connectivity index (χ1) is 10.6. The molecule has 0 saturated carbocycles. The summed E-state index contributed by atoms with van der Waals surface area (Å²) in [6, 6.07) is 12.8. The number of hydrogen-bond acceptors (Lipinski definition) is 4. The number of rotatable bonds is 6. The van der Waals surface area contributed by atoms with Crippen LogP contribution in [-0.4, -0.2) is 12.5 Å². The molecule has 22 heavy (non-hydrogen) atoms. The Morgan fingerprint density at radius 3 is 2.59 bits per heavy atom. The van der Waals surface area contributed by atoms with Gasteiger partial charge in [0, 0.05) is 17.8 Å². The molecule has 6 heteroatoms. The first kappa shape index (κ1) is 16.6. The lowest BCUT2D eigenvalue weighted by Crippen LogP contribution is -2.24. The number of hydrogen-bond donors (Lipinski definition) is 2. The molecule has 4 nitrogen and oxygen atoms in total. The Labute approximate surface area is 139 Å². The van der Waals surface area contributed by atoms with Crippen LogP contribution < -0.4 is 11.1 Å². The van der Waals surface area contributed by atoms with Crippen LogP contribution in [0.1, 0.15) is 11.1 Å². The SMILES string of the molecule is Nc1ccc(Cl)c(Cl)c1CNCC(=O)OCc1ccccc1. The minimum Gasteiger partial charge on any atom is -0.460 e. The van der Waals surface area contributed by atoms with Crippen molar-refractivity contribution >= 4 is 34.9 Å². The maximum atomic E-state index is 11.7. The van der Waals surface area contributed by atoms with Gasteiger partial charge in [-0.15, -0.1) is 0 Å². The Balaban J connectivity index is 1.79. The average Bonchev–Trinajstić information content (AvgIpc) is 2.53. The minimum absolute atomic E-state index is 0.0646. The number of benzene rings is 2. The van der Waals surface area contributed by atoms with Crippen LogP contribution in [0.4, 0.5) is 5.69 Å². The summed E-state index contributed by atoms with van der Waals surface area (Å²) in [5.41, 5.74) is 7.98. The molecule has 0 aliphatic rings. The van der Waals surface area contributed by atoms with Crippen LogP contribution >= 0.6 is 23.2 Å². The lowest BCUT2D eigenvalue weighted by atomic mass is 10.2. The topological polar surface area (TPSA) is 64.3 Å². The second-order valence-corrected chi connectivity index (χ2v) is 5.46. The van der Waals surface area contributed by atoms with Crippen LogP contribution in [0.2, 0.25) is 10.0 Å². The second kappa shape index (κ2) is 8.03. The molecule has 0 saturated heterocycles. The zero-order chi connectivity index (χ0) is 15.9. The van der Waals surface area contributed by atoms with Gasteiger partial charge in [0.05, 0.1) is 16.6 Å². The molecule has 0 aromatic heterocycles. The molecule has 0 atom stereocenters. The number of nitrogen functional groups attached to an aromatic ring is 1. The third-order valence-electron chi connectivity index (χ3n) is 3.05. The molecule has 0 aliphatic carbocycles. The molecular weight excluding hydrogens is 323 g/mol. The minimum atomic E-state index is -0.347. The Morgan fingerprint density at radius 2 is 1.86 bits per heavy atom. The lowest BCUT2D eigenvalue weighted by Gasteiger charge is -2.11. The maximum absolute atomic E-state index is 11.7. The molecule has 116 valence electrons. The van der Waals surface area contributed by atoms with E-state index in [1.807, 2.05) is 30.3 Å². The molecule has 0 bridgehead atoms. The zero-order valence-electron chi connectivity index (χ0n) is 11.8. The van der Waals surface area contributed by atoms with Crippen molar-refractivity contribution in [2.24, 2.45) is 0 Å². The Kier molecular flexibility index (Phi) is 6.07. The van der Waals surface area contributed by atoms with E-state index in [1.165, 1.54) is 0 Å². The summed E-state index contributed by atoms with van der Waals surface area (Å²) in [6.07, 6.45) is 0. The maximum Gasteiger partial charge on any atom is 0.320 e. The summed E-state index contributed by atoms with van der Waals surface area (Å²) >= 11 is 12.0. The van der Waals surface area contributed by atoms with E-state index in [4.69, 9.17) is 33.7 Å². The summed E-state index contributed by atoms with van der Waals surface area (Å²) in [7, 11) is 0. The number of nitrogens with one attached hydrogen (secondary N) is 1. The first-order valence-corrected chi connectivity index (χ1v) is 7.46. The summed E-state index contributed by atoms with van der Waals surface area (Å²) in [5.74, 6) is -0.347. The van der Waals surface area contributed by atoms with Crippen LogP contribution in [0.5, 0.6) is 0 Å². The standard InChI is InChI=1S/C16H16Cl2N2O2/c17-13-6-7-14(19)12(16(13)18)8-20-9-15(21)22-10-11-4-2-1-3-5-11/h1-7,20H,8-10,19H2. The smallest absolute Gasteiger partial charge is 0.320 e. The molecule has 0 fully saturated rings. The predicted octanol–water partition coefficient (Wildman–Crippen LogP) is 3.41. The molecule has 3 N–H and O–H groups in total. The third kappa shape index (κ3) is 4.63. The predicted molar refractivity (Wildman–Crippen MR) is 88.8 cm³/mol. The largest absolute Gasteiger partial charge is 0.460 e. The van der Waals surface area contributed by atoms with Gasteiger partial charge in [-0.3, -0.25) is 4.79 Å². The number of esters is 1. The Bertz CT molecular complexity index is 648. The molecule has 0 unspecified atom stereocenters. The number of carbonyl (C=O) groups is 1. The summed E-state index contributed by atoms with van der Waals surface area (Å²) in [6.45, 7) is 0.655. The van der Waals surface area contributed by atoms with Gasteiger partial charge in [0.15, 0.2) is 0 Å². The van der Waals surface area contributed by atoms with E-state index in [9.17, 15) is 4.79 Å². The van der Waals surface area contributed by atoms with Gasteiger partial charge in [0.1, 0.15) is 6.61 Å². The van der Waals surface area contributed by atoms with Gasteiger partial charge in [0.25, 0.3) is 0 Å². The molecule has 2 rings (SSSR count). The molecule has 0 amide bonds. The molecule has 0 aliphatic heterocycles. The van der Waals surface area contributed by atoms with Crippen LogP contribution in [0.3, 0.4) is 0 Å². The van der Waals surface area contributed by atoms with Gasteiger partial charge >= 0.3 is 5.97 Å². The highest BCUT2D eigenvalue weighted by molar-refractivity contribution is 6.42. The highest BCUT2D eigenvalue weighted by Crippen LogP contribution is 2.29. The van der Waals surface area contributed by atoms with Crippen molar-refractivity contribution < 1.29 is 9.53 Å². The van der Waals surface area contributed by atoms with Crippen LogP contribution in [0.25, 0.3) is 0 Å². The third-order valence-corrected chi connectivity index (χ3v) is 3.89. The Morgan fingerprint density at radius 1 is 1.14 bits per heavy atom. The van der Waals surface area contributed by atoms with Crippen molar-refractivity contribution in [3.63, 3.8) is 0 Å². The van der Waals surface area contributed by atoms with Crippen molar-refractivity contribution in [2.45, 2.75) is 13.2 Å². The van der Waals surface area contributed by atoms with Crippen molar-refractivity contribution in [3.8, 4) is 0 Å². The van der Waals surface area contributed by atoms with Gasteiger partial charge < -0.3 is 15.8 Å². The zero-order valence-corrected chi connectivity index (χ0v) is 13.3. The van der Waals surface area contributed by atoms with Crippen molar-refractivity contribution in [3.05, 3.63) is 63.6 Å². The van der Waals surface area contributed by atoms with E-state index in [0.29, 0.717) is 27.8 Å². The van der Waals surface area contributed by atoms with Gasteiger partial charge in [-0.25, -0.2) is 0 Å². The fraction of sp³-hybridized carbons (Fsp3) is 0.188. The van der Waals surface area contributed by atoms with Crippen molar-refractivity contribution in [1.29, 1.82) is 0 Å². The second-order valence-electron chi connectivity index (χ2n) is 4.68. The average molecular weight is 339 g/mol. The first-order valence-electron chi connectivity index (χ1n) is 6.70.